The number of nitrogens with one attached hydrogen (secondary N) is 1. The minimum absolute atomic E-state index is 0.0413. The molecule has 1 fully saturated rings. The van der Waals surface area contributed by atoms with Crippen molar-refractivity contribution in [2.75, 3.05) is 23.3 Å². The van der Waals surface area contributed by atoms with Gasteiger partial charge in [0.05, 0.1) is 15.8 Å². The molecule has 1 heterocycles. The van der Waals surface area contributed by atoms with Crippen molar-refractivity contribution in [3.63, 3.8) is 0 Å². The standard InChI is InChI=1S/C20H23N5O2S/c1-14(2)28(26,27)20-5-4-17(25-8-6-15(3)7-9-25)10-18(20)24-19(13-23)16(11-21)12-22/h4-5,10,14-15,24H,6-9H2,1-3H3. The SMILES string of the molecule is CC1CCN(c2ccc(S(=O)(=O)C(C)C)c(NC(C#N)=C(C#N)C#N)c2)CC1. The summed E-state index contributed by atoms with van der Waals surface area (Å²) in [5.74, 6) is 0.649. The van der Waals surface area contributed by atoms with Crippen molar-refractivity contribution in [1.29, 1.82) is 15.8 Å². The molecule has 0 radical (unpaired) electrons. The first-order valence-corrected chi connectivity index (χ1v) is 10.6. The van der Waals surface area contributed by atoms with Crippen molar-refractivity contribution in [3.05, 3.63) is 29.5 Å². The molecule has 0 aromatic heterocycles. The predicted molar refractivity (Wildman–Crippen MR) is 107 cm³/mol. The molecule has 0 unspecified atom stereocenters. The van der Waals surface area contributed by atoms with E-state index in [9.17, 15) is 13.7 Å². The molecule has 0 spiro atoms. The average Bonchev–Trinajstić information content (AvgIpc) is 2.68. The molecule has 0 aliphatic carbocycles. The fourth-order valence-electron chi connectivity index (χ4n) is 3.00. The number of hydrogen-bond acceptors (Lipinski definition) is 7. The molecule has 0 saturated carbocycles. The molecule has 1 aliphatic rings. The van der Waals surface area contributed by atoms with Crippen LogP contribution in [0.15, 0.2) is 34.4 Å². The third kappa shape index (κ3) is 4.44. The highest BCUT2D eigenvalue weighted by Gasteiger charge is 2.25. The lowest BCUT2D eigenvalue weighted by atomic mass is 9.99. The molecule has 146 valence electrons. The highest BCUT2D eigenvalue weighted by molar-refractivity contribution is 7.92. The van der Waals surface area contributed by atoms with Crippen LogP contribution in [0.4, 0.5) is 11.4 Å². The van der Waals surface area contributed by atoms with Gasteiger partial charge in [0.15, 0.2) is 15.4 Å². The Morgan fingerprint density at radius 1 is 1.14 bits per heavy atom. The van der Waals surface area contributed by atoms with Crippen LogP contribution in [0.3, 0.4) is 0 Å². The molecule has 1 N–H and O–H groups in total. The number of nitrogens with zero attached hydrogens (tertiary/aromatic N) is 4. The van der Waals surface area contributed by atoms with Gasteiger partial charge < -0.3 is 10.2 Å². The van der Waals surface area contributed by atoms with E-state index in [0.29, 0.717) is 5.92 Å². The monoisotopic (exact) mass is 397 g/mol. The molecule has 1 saturated heterocycles. The molecule has 7 nitrogen and oxygen atoms in total. The fourth-order valence-corrected chi connectivity index (χ4v) is 4.18. The predicted octanol–water partition coefficient (Wildman–Crippen LogP) is 3.34. The van der Waals surface area contributed by atoms with Gasteiger partial charge in [0.2, 0.25) is 0 Å². The van der Waals surface area contributed by atoms with Crippen molar-refractivity contribution >= 4 is 21.2 Å². The highest BCUT2D eigenvalue weighted by atomic mass is 32.2. The first kappa shape index (κ1) is 21.3. The number of piperidine rings is 1. The molecule has 28 heavy (non-hydrogen) atoms. The Hall–Kier alpha value is -3.02. The van der Waals surface area contributed by atoms with E-state index in [4.69, 9.17) is 10.5 Å². The lowest BCUT2D eigenvalue weighted by Crippen LogP contribution is -2.32. The molecule has 1 aromatic rings. The molecule has 0 amide bonds. The summed E-state index contributed by atoms with van der Waals surface area (Å²) in [6.07, 6.45) is 2.09. The van der Waals surface area contributed by atoms with E-state index in [-0.39, 0.29) is 16.3 Å². The number of benzene rings is 1. The van der Waals surface area contributed by atoms with Crippen LogP contribution in [-0.4, -0.2) is 26.8 Å². The van der Waals surface area contributed by atoms with Crippen molar-refractivity contribution < 1.29 is 8.42 Å². The quantitative estimate of drug-likeness (QED) is 0.756. The molecular formula is C20H23N5O2S. The molecule has 2 rings (SSSR count). The van der Waals surface area contributed by atoms with Crippen LogP contribution in [0.2, 0.25) is 0 Å². The zero-order chi connectivity index (χ0) is 20.9. The summed E-state index contributed by atoms with van der Waals surface area (Å²) in [5.41, 5.74) is 0.372. The maximum Gasteiger partial charge on any atom is 0.182 e. The van der Waals surface area contributed by atoms with E-state index in [1.807, 2.05) is 0 Å². The first-order chi connectivity index (χ1) is 13.2. The maximum absolute atomic E-state index is 12.8. The minimum Gasteiger partial charge on any atom is -0.371 e. The largest absolute Gasteiger partial charge is 0.371 e. The van der Waals surface area contributed by atoms with Crippen molar-refractivity contribution in [2.24, 2.45) is 5.92 Å². The van der Waals surface area contributed by atoms with E-state index >= 15 is 0 Å². The van der Waals surface area contributed by atoms with Gasteiger partial charge in [-0.3, -0.25) is 0 Å². The number of hydrogen-bond donors (Lipinski definition) is 1. The van der Waals surface area contributed by atoms with Crippen LogP contribution >= 0.6 is 0 Å². The second kappa shape index (κ2) is 8.78. The molecule has 1 aliphatic heterocycles. The van der Waals surface area contributed by atoms with E-state index in [1.54, 1.807) is 44.2 Å². The summed E-state index contributed by atoms with van der Waals surface area (Å²) in [4.78, 5) is 2.21. The lowest BCUT2D eigenvalue weighted by molar-refractivity contribution is 0.438. The van der Waals surface area contributed by atoms with Crippen molar-refractivity contribution in [3.8, 4) is 18.2 Å². The zero-order valence-electron chi connectivity index (χ0n) is 16.2. The molecule has 1 aromatic carbocycles. The van der Waals surface area contributed by atoms with E-state index < -0.39 is 20.7 Å². The van der Waals surface area contributed by atoms with Gasteiger partial charge in [0.25, 0.3) is 0 Å². The summed E-state index contributed by atoms with van der Waals surface area (Å²) in [6.45, 7) is 7.09. The van der Waals surface area contributed by atoms with E-state index in [1.165, 1.54) is 6.07 Å². The van der Waals surface area contributed by atoms with Crippen molar-refractivity contribution in [1.82, 2.24) is 0 Å². The van der Waals surface area contributed by atoms with Gasteiger partial charge in [-0.05, 0) is 50.8 Å². The van der Waals surface area contributed by atoms with Gasteiger partial charge in [-0.1, -0.05) is 6.92 Å². The van der Waals surface area contributed by atoms with E-state index in [2.05, 4.69) is 17.1 Å². The summed E-state index contributed by atoms with van der Waals surface area (Å²) in [6, 6.07) is 10.1. The topological polar surface area (TPSA) is 121 Å². The van der Waals surface area contributed by atoms with Crippen LogP contribution in [-0.2, 0) is 9.84 Å². The second-order valence-electron chi connectivity index (χ2n) is 7.15. The van der Waals surface area contributed by atoms with Crippen LogP contribution in [0.5, 0.6) is 0 Å². The summed E-state index contributed by atoms with van der Waals surface area (Å²) in [7, 11) is -3.64. The number of anilines is 2. The average molecular weight is 398 g/mol. The molecule has 8 heteroatoms. The summed E-state index contributed by atoms with van der Waals surface area (Å²) >= 11 is 0. The van der Waals surface area contributed by atoms with Crippen LogP contribution < -0.4 is 10.2 Å². The summed E-state index contributed by atoms with van der Waals surface area (Å²) < 4.78 is 25.6. The van der Waals surface area contributed by atoms with E-state index in [0.717, 1.165) is 31.6 Å². The molecule has 0 atom stereocenters. The van der Waals surface area contributed by atoms with Crippen LogP contribution in [0.25, 0.3) is 0 Å². The van der Waals surface area contributed by atoms with Gasteiger partial charge in [-0.15, -0.1) is 0 Å². The Kier molecular flexibility index (Phi) is 6.67. The van der Waals surface area contributed by atoms with Gasteiger partial charge >= 0.3 is 0 Å². The maximum atomic E-state index is 12.8. The second-order valence-corrected chi connectivity index (χ2v) is 9.63. The highest BCUT2D eigenvalue weighted by Crippen LogP contribution is 2.32. The number of allylic oxidation sites excluding steroid dienone is 2. The Morgan fingerprint density at radius 3 is 2.25 bits per heavy atom. The number of rotatable bonds is 5. The van der Waals surface area contributed by atoms with Gasteiger partial charge in [0, 0.05) is 18.8 Å². The van der Waals surface area contributed by atoms with Crippen LogP contribution in [0.1, 0.15) is 33.6 Å². The molecule has 0 bridgehead atoms. The van der Waals surface area contributed by atoms with Gasteiger partial charge in [0.1, 0.15) is 23.9 Å². The zero-order valence-corrected chi connectivity index (χ0v) is 17.0. The van der Waals surface area contributed by atoms with Crippen LogP contribution in [0, 0.1) is 39.9 Å². The lowest BCUT2D eigenvalue weighted by Gasteiger charge is -2.32. The Labute approximate surface area is 166 Å². The van der Waals surface area contributed by atoms with Crippen molar-refractivity contribution in [2.45, 2.75) is 43.8 Å². The minimum atomic E-state index is -3.64. The molecular weight excluding hydrogens is 374 g/mol. The third-order valence-electron chi connectivity index (χ3n) is 4.88. The summed E-state index contributed by atoms with van der Waals surface area (Å²) in [5, 5.41) is 29.5. The Balaban J connectivity index is 2.57. The smallest absolute Gasteiger partial charge is 0.182 e. The number of sulfone groups is 1. The van der Waals surface area contributed by atoms with Gasteiger partial charge in [-0.25, -0.2) is 8.42 Å². The fraction of sp³-hybridized carbons (Fsp3) is 0.450. The Bertz CT molecular complexity index is 983. The first-order valence-electron chi connectivity index (χ1n) is 9.09. The Morgan fingerprint density at radius 2 is 1.75 bits per heavy atom. The number of nitriles is 3. The third-order valence-corrected chi connectivity index (χ3v) is 7.09. The van der Waals surface area contributed by atoms with Gasteiger partial charge in [-0.2, -0.15) is 15.8 Å². The normalized spacial score (nSPS) is 14.7.